The lowest BCUT2D eigenvalue weighted by atomic mass is 10.3. The summed E-state index contributed by atoms with van der Waals surface area (Å²) in [4.78, 5) is 10.7. The Morgan fingerprint density at radius 2 is 2.06 bits per heavy atom. The number of carboxylic acid groups (broad SMARTS) is 1. The first-order chi connectivity index (χ1) is 8.25. The standard InChI is InChI=1S/C12H8N2O3/c15-12(16)10-5-6-11(17-10)14-9-4-2-1-3-8(9)7-13-14/h1-7H,(H,15,16). The number of hydrogen-bond acceptors (Lipinski definition) is 3. The Labute approximate surface area is 95.9 Å². The average molecular weight is 228 g/mol. The van der Waals surface area contributed by atoms with Gasteiger partial charge in [0.1, 0.15) is 0 Å². The lowest BCUT2D eigenvalue weighted by Crippen LogP contribution is -1.95. The highest BCUT2D eigenvalue weighted by molar-refractivity contribution is 5.85. The van der Waals surface area contributed by atoms with E-state index < -0.39 is 5.97 Å². The topological polar surface area (TPSA) is 68.3 Å². The van der Waals surface area contributed by atoms with Crippen molar-refractivity contribution in [3.05, 3.63) is 48.4 Å². The van der Waals surface area contributed by atoms with Gasteiger partial charge in [-0.15, -0.1) is 0 Å². The SMILES string of the molecule is O=C(O)c1ccc(-n2ncc3ccccc32)o1. The predicted octanol–water partition coefficient (Wildman–Crippen LogP) is 2.32. The minimum atomic E-state index is -1.09. The van der Waals surface area contributed by atoms with Gasteiger partial charge in [0.25, 0.3) is 0 Å². The van der Waals surface area contributed by atoms with Gasteiger partial charge in [0, 0.05) is 11.5 Å². The van der Waals surface area contributed by atoms with E-state index in [2.05, 4.69) is 5.10 Å². The Morgan fingerprint density at radius 3 is 2.82 bits per heavy atom. The third-order valence-electron chi connectivity index (χ3n) is 2.49. The van der Waals surface area contributed by atoms with Gasteiger partial charge >= 0.3 is 5.97 Å². The van der Waals surface area contributed by atoms with Crippen LogP contribution in [-0.4, -0.2) is 20.9 Å². The van der Waals surface area contributed by atoms with Gasteiger partial charge in [0.05, 0.1) is 11.7 Å². The van der Waals surface area contributed by atoms with E-state index in [9.17, 15) is 4.79 Å². The van der Waals surface area contributed by atoms with Crippen molar-refractivity contribution in [3.63, 3.8) is 0 Å². The third kappa shape index (κ3) is 1.48. The summed E-state index contributed by atoms with van der Waals surface area (Å²) in [6.45, 7) is 0. The zero-order chi connectivity index (χ0) is 11.8. The molecular formula is C12H8N2O3. The predicted molar refractivity (Wildman–Crippen MR) is 60.3 cm³/mol. The van der Waals surface area contributed by atoms with E-state index in [1.165, 1.54) is 6.07 Å². The maximum atomic E-state index is 10.7. The third-order valence-corrected chi connectivity index (χ3v) is 2.49. The minimum absolute atomic E-state index is 0.0976. The van der Waals surface area contributed by atoms with E-state index in [0.29, 0.717) is 5.88 Å². The lowest BCUT2D eigenvalue weighted by Gasteiger charge is -1.97. The molecule has 2 aromatic heterocycles. The molecule has 1 aromatic carbocycles. The molecule has 1 N–H and O–H groups in total. The van der Waals surface area contributed by atoms with Crippen LogP contribution < -0.4 is 0 Å². The molecule has 5 nitrogen and oxygen atoms in total. The number of nitrogens with zero attached hydrogens (tertiary/aromatic N) is 2. The van der Waals surface area contributed by atoms with Crippen molar-refractivity contribution >= 4 is 16.9 Å². The highest BCUT2D eigenvalue weighted by atomic mass is 16.4. The molecule has 3 rings (SSSR count). The van der Waals surface area contributed by atoms with Crippen LogP contribution >= 0.6 is 0 Å². The van der Waals surface area contributed by atoms with E-state index in [-0.39, 0.29) is 5.76 Å². The summed E-state index contributed by atoms with van der Waals surface area (Å²) in [5, 5.41) is 13.9. The van der Waals surface area contributed by atoms with Crippen molar-refractivity contribution in [3.8, 4) is 5.88 Å². The van der Waals surface area contributed by atoms with Crippen LogP contribution in [0.4, 0.5) is 0 Å². The minimum Gasteiger partial charge on any atom is -0.475 e. The highest BCUT2D eigenvalue weighted by Gasteiger charge is 2.12. The number of carboxylic acids is 1. The zero-order valence-electron chi connectivity index (χ0n) is 8.70. The molecule has 0 spiro atoms. The van der Waals surface area contributed by atoms with Crippen molar-refractivity contribution < 1.29 is 14.3 Å². The van der Waals surface area contributed by atoms with Gasteiger partial charge < -0.3 is 9.52 Å². The number of para-hydroxylation sites is 1. The number of fused-ring (bicyclic) bond motifs is 1. The zero-order valence-corrected chi connectivity index (χ0v) is 8.70. The smallest absolute Gasteiger partial charge is 0.371 e. The van der Waals surface area contributed by atoms with E-state index >= 15 is 0 Å². The van der Waals surface area contributed by atoms with Crippen molar-refractivity contribution in [2.75, 3.05) is 0 Å². The molecule has 2 heterocycles. The maximum absolute atomic E-state index is 10.7. The van der Waals surface area contributed by atoms with Crippen LogP contribution in [0.1, 0.15) is 10.6 Å². The van der Waals surface area contributed by atoms with Crippen molar-refractivity contribution in [2.24, 2.45) is 0 Å². The van der Waals surface area contributed by atoms with Gasteiger partial charge in [-0.05, 0) is 12.1 Å². The van der Waals surface area contributed by atoms with Crippen LogP contribution in [0.5, 0.6) is 0 Å². The Hall–Kier alpha value is -2.56. The van der Waals surface area contributed by atoms with Crippen molar-refractivity contribution in [1.29, 1.82) is 0 Å². The Kier molecular flexibility index (Phi) is 1.98. The van der Waals surface area contributed by atoms with Gasteiger partial charge in [-0.2, -0.15) is 5.10 Å². The van der Waals surface area contributed by atoms with E-state index in [1.807, 2.05) is 24.3 Å². The van der Waals surface area contributed by atoms with Gasteiger partial charge in [0.15, 0.2) is 0 Å². The van der Waals surface area contributed by atoms with E-state index in [1.54, 1.807) is 16.9 Å². The number of benzene rings is 1. The summed E-state index contributed by atoms with van der Waals surface area (Å²) in [7, 11) is 0. The molecule has 0 atom stereocenters. The lowest BCUT2D eigenvalue weighted by molar-refractivity contribution is 0.0662. The molecule has 0 fully saturated rings. The monoisotopic (exact) mass is 228 g/mol. The van der Waals surface area contributed by atoms with E-state index in [0.717, 1.165) is 10.9 Å². The highest BCUT2D eigenvalue weighted by Crippen LogP contribution is 2.19. The molecule has 0 amide bonds. The van der Waals surface area contributed by atoms with Crippen LogP contribution in [0.2, 0.25) is 0 Å². The Morgan fingerprint density at radius 1 is 1.24 bits per heavy atom. The molecule has 84 valence electrons. The second-order valence-electron chi connectivity index (χ2n) is 3.56. The summed E-state index contributed by atoms with van der Waals surface area (Å²) < 4.78 is 6.77. The Bertz CT molecular complexity index is 696. The number of furan rings is 1. The second kappa shape index (κ2) is 3.48. The van der Waals surface area contributed by atoms with Gasteiger partial charge in [-0.1, -0.05) is 18.2 Å². The number of aromatic nitrogens is 2. The van der Waals surface area contributed by atoms with E-state index in [4.69, 9.17) is 9.52 Å². The average Bonchev–Trinajstić information content (AvgIpc) is 2.95. The molecule has 0 aliphatic rings. The first kappa shape index (κ1) is 9.65. The first-order valence-corrected chi connectivity index (χ1v) is 5.02. The number of carbonyl (C=O) groups is 1. The first-order valence-electron chi connectivity index (χ1n) is 5.02. The maximum Gasteiger partial charge on any atom is 0.371 e. The summed E-state index contributed by atoms with van der Waals surface area (Å²) >= 11 is 0. The van der Waals surface area contributed by atoms with Crippen LogP contribution in [0.15, 0.2) is 47.0 Å². The molecule has 0 unspecified atom stereocenters. The normalized spacial score (nSPS) is 10.8. The second-order valence-corrected chi connectivity index (χ2v) is 3.56. The van der Waals surface area contributed by atoms with Crippen LogP contribution in [0.3, 0.4) is 0 Å². The summed E-state index contributed by atoms with van der Waals surface area (Å²) in [6, 6.07) is 10.6. The number of aromatic carboxylic acids is 1. The van der Waals surface area contributed by atoms with Gasteiger partial charge in [-0.3, -0.25) is 0 Å². The molecule has 0 bridgehead atoms. The van der Waals surface area contributed by atoms with Crippen LogP contribution in [-0.2, 0) is 0 Å². The summed E-state index contributed by atoms with van der Waals surface area (Å²) in [6.07, 6.45) is 1.71. The largest absolute Gasteiger partial charge is 0.475 e. The fourth-order valence-electron chi connectivity index (χ4n) is 1.70. The number of hydrogen-bond donors (Lipinski definition) is 1. The van der Waals surface area contributed by atoms with Gasteiger partial charge in [0.2, 0.25) is 11.6 Å². The van der Waals surface area contributed by atoms with Crippen molar-refractivity contribution in [1.82, 2.24) is 9.78 Å². The molecule has 0 radical (unpaired) electrons. The molecule has 0 aliphatic carbocycles. The molecule has 17 heavy (non-hydrogen) atoms. The van der Waals surface area contributed by atoms with Crippen LogP contribution in [0.25, 0.3) is 16.8 Å². The number of rotatable bonds is 2. The molecule has 3 aromatic rings. The van der Waals surface area contributed by atoms with Gasteiger partial charge in [-0.25, -0.2) is 9.48 Å². The molecule has 0 saturated carbocycles. The quantitative estimate of drug-likeness (QED) is 0.730. The van der Waals surface area contributed by atoms with Crippen molar-refractivity contribution in [2.45, 2.75) is 0 Å². The molecule has 0 aliphatic heterocycles. The fourth-order valence-corrected chi connectivity index (χ4v) is 1.70. The van der Waals surface area contributed by atoms with Crippen LogP contribution in [0, 0.1) is 0 Å². The molecular weight excluding hydrogens is 220 g/mol. The summed E-state index contributed by atoms with van der Waals surface area (Å²) in [5.74, 6) is -0.795. The summed E-state index contributed by atoms with van der Waals surface area (Å²) in [5.41, 5.74) is 0.874. The molecule has 5 heteroatoms. The fraction of sp³-hybridized carbons (Fsp3) is 0. The Balaban J connectivity index is 2.17. The molecule has 0 saturated heterocycles.